The Morgan fingerprint density at radius 2 is 1.62 bits per heavy atom. The van der Waals surface area contributed by atoms with Gasteiger partial charge in [0.25, 0.3) is 11.4 Å². The van der Waals surface area contributed by atoms with Crippen LogP contribution in [0.2, 0.25) is 0 Å². The van der Waals surface area contributed by atoms with Gasteiger partial charge in [0.15, 0.2) is 0 Å². The highest BCUT2D eigenvalue weighted by Gasteiger charge is 2.12. The molecule has 0 fully saturated rings. The molecule has 24 heavy (non-hydrogen) atoms. The van der Waals surface area contributed by atoms with Crippen LogP contribution in [0, 0.1) is 20.2 Å². The highest BCUT2D eigenvalue weighted by Crippen LogP contribution is 2.30. The van der Waals surface area contributed by atoms with Gasteiger partial charge in [-0.3, -0.25) is 20.2 Å². The molecule has 0 unspecified atom stereocenters. The van der Waals surface area contributed by atoms with E-state index in [0.29, 0.717) is 21.4 Å². The van der Waals surface area contributed by atoms with Gasteiger partial charge in [-0.2, -0.15) is 0 Å². The number of nitro benzene ring substituents is 2. The minimum Gasteiger partial charge on any atom is -0.330 e. The fraction of sp³-hybridized carbons (Fsp3) is 0. The molecule has 1 N–H and O–H groups in total. The van der Waals surface area contributed by atoms with Crippen LogP contribution in [-0.4, -0.2) is 20.0 Å². The first-order valence-corrected chi connectivity index (χ1v) is 7.44. The van der Waals surface area contributed by atoms with E-state index in [1.54, 1.807) is 24.3 Å². The number of aromatic nitrogens is 2. The SMILES string of the molecule is O=[N+]([O-])c1ccc(Nc2nnc(-c3cccc([N+](=O)[O-])c3)s2)cc1. The molecule has 9 nitrogen and oxygen atoms in total. The van der Waals surface area contributed by atoms with Crippen molar-refractivity contribution in [2.24, 2.45) is 0 Å². The van der Waals surface area contributed by atoms with Crippen LogP contribution in [0.4, 0.5) is 22.2 Å². The zero-order chi connectivity index (χ0) is 17.1. The molecule has 1 aromatic heterocycles. The fourth-order valence-corrected chi connectivity index (χ4v) is 2.69. The molecule has 0 atom stereocenters. The lowest BCUT2D eigenvalue weighted by molar-refractivity contribution is -0.385. The molecular formula is C14H9N5O4S. The molecule has 0 bridgehead atoms. The van der Waals surface area contributed by atoms with Gasteiger partial charge in [0.1, 0.15) is 5.01 Å². The zero-order valence-electron chi connectivity index (χ0n) is 11.9. The van der Waals surface area contributed by atoms with Crippen LogP contribution in [0.3, 0.4) is 0 Å². The van der Waals surface area contributed by atoms with Crippen LogP contribution in [-0.2, 0) is 0 Å². The van der Waals surface area contributed by atoms with Crippen molar-refractivity contribution in [2.45, 2.75) is 0 Å². The van der Waals surface area contributed by atoms with Crippen molar-refractivity contribution in [3.8, 4) is 10.6 Å². The van der Waals surface area contributed by atoms with Crippen molar-refractivity contribution in [1.82, 2.24) is 10.2 Å². The molecule has 0 spiro atoms. The summed E-state index contributed by atoms with van der Waals surface area (Å²) in [6.07, 6.45) is 0. The van der Waals surface area contributed by atoms with Crippen molar-refractivity contribution < 1.29 is 9.85 Å². The molecule has 1 heterocycles. The second-order valence-electron chi connectivity index (χ2n) is 4.65. The average molecular weight is 343 g/mol. The van der Waals surface area contributed by atoms with E-state index in [4.69, 9.17) is 0 Å². The summed E-state index contributed by atoms with van der Waals surface area (Å²) in [6.45, 7) is 0. The molecule has 0 radical (unpaired) electrons. The molecule has 120 valence electrons. The summed E-state index contributed by atoms with van der Waals surface area (Å²) < 4.78 is 0. The van der Waals surface area contributed by atoms with Crippen LogP contribution in [0.1, 0.15) is 0 Å². The van der Waals surface area contributed by atoms with Gasteiger partial charge in [0, 0.05) is 35.5 Å². The Morgan fingerprint density at radius 3 is 2.29 bits per heavy atom. The van der Waals surface area contributed by atoms with E-state index < -0.39 is 9.85 Å². The van der Waals surface area contributed by atoms with Gasteiger partial charge in [-0.1, -0.05) is 23.5 Å². The maximum atomic E-state index is 10.8. The van der Waals surface area contributed by atoms with Gasteiger partial charge in [0.2, 0.25) is 5.13 Å². The predicted molar refractivity (Wildman–Crippen MR) is 88.4 cm³/mol. The van der Waals surface area contributed by atoms with Crippen LogP contribution < -0.4 is 5.32 Å². The number of nitrogens with zero attached hydrogens (tertiary/aromatic N) is 4. The van der Waals surface area contributed by atoms with E-state index in [2.05, 4.69) is 15.5 Å². The smallest absolute Gasteiger partial charge is 0.270 e. The first-order chi connectivity index (χ1) is 11.5. The van der Waals surface area contributed by atoms with E-state index in [1.165, 1.54) is 35.6 Å². The number of hydrogen-bond donors (Lipinski definition) is 1. The number of non-ortho nitro benzene ring substituents is 2. The number of nitro groups is 2. The Bertz CT molecular complexity index is 910. The van der Waals surface area contributed by atoms with E-state index in [1.807, 2.05) is 0 Å². The fourth-order valence-electron chi connectivity index (χ4n) is 1.93. The van der Waals surface area contributed by atoms with E-state index in [0.717, 1.165) is 0 Å². The average Bonchev–Trinajstić information content (AvgIpc) is 3.04. The van der Waals surface area contributed by atoms with E-state index >= 15 is 0 Å². The Kier molecular flexibility index (Phi) is 4.12. The topological polar surface area (TPSA) is 124 Å². The normalized spacial score (nSPS) is 10.3. The molecule has 2 aromatic carbocycles. The summed E-state index contributed by atoms with van der Waals surface area (Å²) in [7, 11) is 0. The van der Waals surface area contributed by atoms with E-state index in [-0.39, 0.29) is 11.4 Å². The summed E-state index contributed by atoms with van der Waals surface area (Å²) in [6, 6.07) is 12.0. The Morgan fingerprint density at radius 1 is 0.917 bits per heavy atom. The number of anilines is 2. The Balaban J connectivity index is 1.79. The summed E-state index contributed by atoms with van der Waals surface area (Å²) in [5, 5.41) is 33.4. The highest BCUT2D eigenvalue weighted by molar-refractivity contribution is 7.18. The van der Waals surface area contributed by atoms with Crippen LogP contribution in [0.15, 0.2) is 48.5 Å². The third-order valence-corrected chi connectivity index (χ3v) is 3.95. The van der Waals surface area contributed by atoms with Gasteiger partial charge in [-0.05, 0) is 12.1 Å². The van der Waals surface area contributed by atoms with Crippen molar-refractivity contribution in [3.05, 3.63) is 68.8 Å². The molecule has 3 aromatic rings. The summed E-state index contributed by atoms with van der Waals surface area (Å²) in [4.78, 5) is 20.5. The number of benzene rings is 2. The lowest BCUT2D eigenvalue weighted by Gasteiger charge is -2.00. The minimum atomic E-state index is -0.477. The van der Waals surface area contributed by atoms with Gasteiger partial charge >= 0.3 is 0 Å². The second-order valence-corrected chi connectivity index (χ2v) is 5.63. The number of rotatable bonds is 5. The van der Waals surface area contributed by atoms with Crippen LogP contribution in [0.5, 0.6) is 0 Å². The largest absolute Gasteiger partial charge is 0.330 e. The monoisotopic (exact) mass is 343 g/mol. The van der Waals surface area contributed by atoms with Crippen LogP contribution in [0.25, 0.3) is 10.6 Å². The van der Waals surface area contributed by atoms with Crippen molar-refractivity contribution >= 4 is 33.5 Å². The molecule has 0 aliphatic carbocycles. The van der Waals surface area contributed by atoms with Crippen molar-refractivity contribution in [3.63, 3.8) is 0 Å². The predicted octanol–water partition coefficient (Wildman–Crippen LogP) is 3.77. The summed E-state index contributed by atoms with van der Waals surface area (Å²) in [5.41, 5.74) is 1.20. The van der Waals surface area contributed by atoms with Gasteiger partial charge in [-0.25, -0.2) is 0 Å². The molecule has 0 amide bonds. The highest BCUT2D eigenvalue weighted by atomic mass is 32.1. The maximum Gasteiger partial charge on any atom is 0.270 e. The van der Waals surface area contributed by atoms with Crippen LogP contribution >= 0.6 is 11.3 Å². The maximum absolute atomic E-state index is 10.8. The van der Waals surface area contributed by atoms with Gasteiger partial charge in [-0.15, -0.1) is 10.2 Å². The summed E-state index contributed by atoms with van der Waals surface area (Å²) in [5.74, 6) is 0. The third kappa shape index (κ3) is 3.33. The standard InChI is InChI=1S/C14H9N5O4S/c20-18(21)11-6-4-10(5-7-11)15-14-17-16-13(24-14)9-2-1-3-12(8-9)19(22)23/h1-8H,(H,15,17). The molecule has 3 rings (SSSR count). The first kappa shape index (κ1) is 15.5. The van der Waals surface area contributed by atoms with E-state index in [9.17, 15) is 20.2 Å². The second kappa shape index (κ2) is 6.38. The first-order valence-electron chi connectivity index (χ1n) is 6.63. The molecule has 0 saturated heterocycles. The zero-order valence-corrected chi connectivity index (χ0v) is 12.8. The Hall–Kier alpha value is -3.40. The summed E-state index contributed by atoms with van der Waals surface area (Å²) >= 11 is 1.22. The number of nitrogens with one attached hydrogen (secondary N) is 1. The minimum absolute atomic E-state index is 0.00454. The quantitative estimate of drug-likeness (QED) is 0.552. The molecule has 10 heteroatoms. The lowest BCUT2D eigenvalue weighted by Crippen LogP contribution is -1.91. The molecule has 0 saturated carbocycles. The molecular weight excluding hydrogens is 334 g/mol. The van der Waals surface area contributed by atoms with Gasteiger partial charge in [0.05, 0.1) is 9.85 Å². The van der Waals surface area contributed by atoms with Crippen molar-refractivity contribution in [1.29, 1.82) is 0 Å². The molecule has 0 aliphatic rings. The van der Waals surface area contributed by atoms with Crippen molar-refractivity contribution in [2.75, 3.05) is 5.32 Å². The lowest BCUT2D eigenvalue weighted by atomic mass is 10.2. The Labute approximate surface area is 138 Å². The van der Waals surface area contributed by atoms with Gasteiger partial charge < -0.3 is 5.32 Å². The third-order valence-electron chi connectivity index (χ3n) is 3.06. The molecule has 0 aliphatic heterocycles. The number of hydrogen-bond acceptors (Lipinski definition) is 8.